The van der Waals surface area contributed by atoms with Crippen LogP contribution in [0.3, 0.4) is 0 Å². The summed E-state index contributed by atoms with van der Waals surface area (Å²) in [4.78, 5) is 27.1. The summed E-state index contributed by atoms with van der Waals surface area (Å²) >= 11 is 0. The summed E-state index contributed by atoms with van der Waals surface area (Å²) in [5.74, 6) is -4.51. The van der Waals surface area contributed by atoms with Gasteiger partial charge >= 0.3 is 5.97 Å². The number of hydrogen-bond acceptors (Lipinski definition) is 7. The van der Waals surface area contributed by atoms with Gasteiger partial charge in [0.25, 0.3) is 5.92 Å². The molecule has 5 aliphatic carbocycles. The highest BCUT2D eigenvalue weighted by Gasteiger charge is 2.86. The molecule has 0 radical (unpaired) electrons. The molecule has 1 aliphatic heterocycles. The molecule has 4 N–H and O–H groups in total. The Kier molecular flexibility index (Phi) is 7.57. The number of nitrogens with two attached hydrogens (primary N) is 1. The third-order valence-corrected chi connectivity index (χ3v) is 15.2. The van der Waals surface area contributed by atoms with E-state index in [1.165, 1.54) is 11.9 Å². The van der Waals surface area contributed by atoms with Gasteiger partial charge in [0.15, 0.2) is 0 Å². The number of amides is 1. The molecular formula is C36H58F2N2O6. The van der Waals surface area contributed by atoms with Crippen LogP contribution >= 0.6 is 0 Å². The molecule has 6 fully saturated rings. The third kappa shape index (κ3) is 4.40. The predicted molar refractivity (Wildman–Crippen MR) is 169 cm³/mol. The molecule has 1 saturated heterocycles. The maximum absolute atomic E-state index is 15.8. The smallest absolute Gasteiger partial charge is 0.325 e. The van der Waals surface area contributed by atoms with Gasteiger partial charge in [-0.3, -0.25) is 9.59 Å². The van der Waals surface area contributed by atoms with Crippen LogP contribution in [0.1, 0.15) is 113 Å². The second kappa shape index (κ2) is 10.1. The van der Waals surface area contributed by atoms with E-state index in [4.69, 9.17) is 15.2 Å². The Balaban J connectivity index is 1.36. The van der Waals surface area contributed by atoms with Crippen molar-refractivity contribution in [3.63, 3.8) is 0 Å². The fourth-order valence-corrected chi connectivity index (χ4v) is 13.0. The average molecular weight is 653 g/mol. The fraction of sp³-hybridized carbons (Fsp3) is 0.944. The zero-order valence-corrected chi connectivity index (χ0v) is 29.4. The van der Waals surface area contributed by atoms with Gasteiger partial charge < -0.3 is 30.3 Å². The van der Waals surface area contributed by atoms with Crippen LogP contribution in [-0.2, 0) is 19.1 Å². The van der Waals surface area contributed by atoms with Crippen LogP contribution in [0.15, 0.2) is 0 Å². The molecule has 0 unspecified atom stereocenters. The first-order chi connectivity index (χ1) is 20.9. The molecule has 1 amide bonds. The van der Waals surface area contributed by atoms with Crippen LogP contribution in [0, 0.1) is 44.8 Å². The van der Waals surface area contributed by atoms with Gasteiger partial charge in [-0.25, -0.2) is 8.78 Å². The van der Waals surface area contributed by atoms with Crippen molar-refractivity contribution in [2.45, 2.75) is 155 Å². The van der Waals surface area contributed by atoms with Gasteiger partial charge in [-0.2, -0.15) is 0 Å². The van der Waals surface area contributed by atoms with Crippen LogP contribution < -0.4 is 5.73 Å². The number of alkyl halides is 2. The van der Waals surface area contributed by atoms with E-state index in [1.807, 2.05) is 0 Å². The Hall–Kier alpha value is -1.36. The van der Waals surface area contributed by atoms with Crippen molar-refractivity contribution >= 4 is 11.9 Å². The molecule has 2 spiro atoms. The van der Waals surface area contributed by atoms with Gasteiger partial charge in [0.1, 0.15) is 12.6 Å². The minimum absolute atomic E-state index is 0.0634. The lowest BCUT2D eigenvalue weighted by molar-refractivity contribution is -0.252. The van der Waals surface area contributed by atoms with Crippen LogP contribution in [0.4, 0.5) is 8.78 Å². The van der Waals surface area contributed by atoms with E-state index in [0.717, 1.165) is 32.1 Å². The molecule has 12 atom stereocenters. The molecule has 1 heterocycles. The molecule has 5 saturated carbocycles. The highest BCUT2D eigenvalue weighted by Crippen LogP contribution is 2.90. The van der Waals surface area contributed by atoms with Crippen LogP contribution in [0.5, 0.6) is 0 Å². The molecule has 0 aromatic rings. The van der Waals surface area contributed by atoms with Crippen molar-refractivity contribution in [1.82, 2.24) is 4.90 Å². The first kappa shape index (κ1) is 34.5. The molecule has 0 aromatic carbocycles. The van der Waals surface area contributed by atoms with Crippen molar-refractivity contribution in [3.8, 4) is 0 Å². The van der Waals surface area contributed by atoms with Crippen molar-refractivity contribution in [1.29, 1.82) is 0 Å². The highest BCUT2D eigenvalue weighted by molar-refractivity contribution is 5.85. The van der Waals surface area contributed by atoms with Gasteiger partial charge in [0.05, 0.1) is 29.5 Å². The summed E-state index contributed by atoms with van der Waals surface area (Å²) in [7, 11) is 1.50. The van der Waals surface area contributed by atoms with E-state index in [1.54, 1.807) is 34.6 Å². The lowest BCUT2D eigenvalue weighted by atomic mass is 9.41. The molecule has 8 nitrogen and oxygen atoms in total. The van der Waals surface area contributed by atoms with Gasteiger partial charge in [-0.05, 0) is 107 Å². The first-order valence-electron chi connectivity index (χ1n) is 17.6. The van der Waals surface area contributed by atoms with Crippen LogP contribution in [0.25, 0.3) is 0 Å². The van der Waals surface area contributed by atoms with E-state index in [-0.39, 0.29) is 52.6 Å². The summed E-state index contributed by atoms with van der Waals surface area (Å²) in [6.45, 7) is 14.8. The fourth-order valence-electron chi connectivity index (χ4n) is 13.0. The monoisotopic (exact) mass is 652 g/mol. The Labute approximate surface area is 273 Å². The van der Waals surface area contributed by atoms with Gasteiger partial charge in [-0.15, -0.1) is 0 Å². The lowest BCUT2D eigenvalue weighted by Crippen LogP contribution is -2.64. The summed E-state index contributed by atoms with van der Waals surface area (Å²) in [5.41, 5.74) is 1.60. The standard InChI is InChI=1S/C36H58F2N2O6/c1-20(39)28(43)40(9)18-25(42)45-22-16-23-32(7)17-21(41)26(33(8)11-10-24(46-33)30(4,5)44)31(32,6)12-13-34(23)19-35(34)14-15-36(37,38)29(2,3)27(22)35/h20-24,26-27,41,44H,10-19,39H2,1-9H3/t20-,21-,22-,23-,24-,26-,27-,31+,32-,33-,34-,35+/m0/s1. The summed E-state index contributed by atoms with van der Waals surface area (Å²) in [6, 6.07) is -0.773. The SMILES string of the molecule is C[C@H](N)C(=O)N(C)CC(=O)O[C@H]1C[C@@H]2[C@]3(CC[C@]4(C)[C@@H]([C@]5(C)CC[C@@H](C(C)(C)O)O5)[C@@H](O)C[C@@]24C)C[C@@]32CCC(F)(F)C(C)(C)[C@H]12. The summed E-state index contributed by atoms with van der Waals surface area (Å²) < 4.78 is 44.5. The van der Waals surface area contributed by atoms with E-state index in [0.29, 0.717) is 19.3 Å². The van der Waals surface area contributed by atoms with Crippen molar-refractivity contribution in [3.05, 3.63) is 0 Å². The molecule has 6 aliphatic rings. The number of rotatable bonds is 6. The Morgan fingerprint density at radius 3 is 2.24 bits per heavy atom. The minimum atomic E-state index is -2.90. The normalized spacial score (nSPS) is 49.2. The van der Waals surface area contributed by atoms with E-state index < -0.39 is 58.6 Å². The Morgan fingerprint density at radius 2 is 1.65 bits per heavy atom. The van der Waals surface area contributed by atoms with Gasteiger partial charge in [0, 0.05) is 30.7 Å². The maximum atomic E-state index is 15.8. The summed E-state index contributed by atoms with van der Waals surface area (Å²) in [5, 5.41) is 22.8. The number of nitrogens with zero attached hydrogens (tertiary/aromatic N) is 1. The number of halogens is 2. The molecule has 6 rings (SSSR count). The second-order valence-electron chi connectivity index (χ2n) is 18.4. The number of esters is 1. The van der Waals surface area contributed by atoms with Crippen molar-refractivity contribution < 1.29 is 38.1 Å². The van der Waals surface area contributed by atoms with Crippen molar-refractivity contribution in [2.75, 3.05) is 13.6 Å². The first-order valence-corrected chi connectivity index (χ1v) is 17.6. The van der Waals surface area contributed by atoms with Gasteiger partial charge in [-0.1, -0.05) is 27.7 Å². The van der Waals surface area contributed by atoms with Crippen LogP contribution in [-0.4, -0.2) is 82.1 Å². The van der Waals surface area contributed by atoms with E-state index >= 15 is 8.78 Å². The number of likely N-dealkylation sites (N-methyl/N-ethyl adjacent to an activating group) is 1. The number of carbonyl (C=O) groups excluding carboxylic acids is 2. The minimum Gasteiger partial charge on any atom is -0.461 e. The van der Waals surface area contributed by atoms with E-state index in [2.05, 4.69) is 20.8 Å². The Morgan fingerprint density at radius 1 is 1.02 bits per heavy atom. The average Bonchev–Trinajstić information content (AvgIpc) is 3.29. The number of aliphatic hydroxyl groups excluding tert-OH is 1. The predicted octanol–water partition coefficient (Wildman–Crippen LogP) is 5.07. The van der Waals surface area contributed by atoms with Gasteiger partial charge in [0.2, 0.25) is 5.91 Å². The maximum Gasteiger partial charge on any atom is 0.325 e. The molecule has 0 aromatic heterocycles. The number of carbonyl (C=O) groups is 2. The summed E-state index contributed by atoms with van der Waals surface area (Å²) in [6.07, 6.45) is 3.63. The third-order valence-electron chi connectivity index (χ3n) is 15.2. The number of hydrogen-bond donors (Lipinski definition) is 3. The van der Waals surface area contributed by atoms with Crippen LogP contribution in [0.2, 0.25) is 0 Å². The van der Waals surface area contributed by atoms with E-state index in [9.17, 15) is 19.8 Å². The quantitative estimate of drug-likeness (QED) is 0.343. The molecule has 262 valence electrons. The zero-order valence-electron chi connectivity index (χ0n) is 29.4. The lowest BCUT2D eigenvalue weighted by Gasteiger charge is -2.65. The second-order valence-corrected chi connectivity index (χ2v) is 18.4. The van der Waals surface area contributed by atoms with Crippen molar-refractivity contribution in [2.24, 2.45) is 50.6 Å². The Bertz CT molecular complexity index is 1290. The highest BCUT2D eigenvalue weighted by atomic mass is 19.3. The zero-order chi connectivity index (χ0) is 34.3. The number of ether oxygens (including phenoxy) is 2. The molecule has 10 heteroatoms. The number of aliphatic hydroxyl groups is 2. The number of fused-ring (bicyclic) bond motifs is 2. The molecular weight excluding hydrogens is 594 g/mol. The molecule has 0 bridgehead atoms. The molecule has 46 heavy (non-hydrogen) atoms. The topological polar surface area (TPSA) is 122 Å². The largest absolute Gasteiger partial charge is 0.461 e.